The number of aliphatic hydroxyl groups excluding tert-OH is 1. The van der Waals surface area contributed by atoms with E-state index < -0.39 is 0 Å². The number of esters is 1. The maximum absolute atomic E-state index is 11.6. The molecule has 4 heteroatoms. The molecule has 0 spiro atoms. The minimum absolute atomic E-state index is 0.0985. The molecule has 0 rings (SSSR count). The molecule has 0 bridgehead atoms. The van der Waals surface area contributed by atoms with Gasteiger partial charge in [0.1, 0.15) is 12.4 Å². The number of ketones is 1. The van der Waals surface area contributed by atoms with Crippen molar-refractivity contribution in [2.24, 2.45) is 0 Å². The Bertz CT molecular complexity index is 302. The van der Waals surface area contributed by atoms with Crippen molar-refractivity contribution >= 4 is 11.8 Å². The lowest BCUT2D eigenvalue weighted by Crippen LogP contribution is -2.07. The molecule has 0 unspecified atom stereocenters. The molecule has 0 aliphatic carbocycles. The van der Waals surface area contributed by atoms with Crippen molar-refractivity contribution in [3.8, 4) is 0 Å². The van der Waals surface area contributed by atoms with E-state index in [9.17, 15) is 9.59 Å². The average Bonchev–Trinajstić information content (AvgIpc) is 2.58. The average molecular weight is 343 g/mol. The number of hydrogen-bond donors (Lipinski definition) is 1. The number of ether oxygens (including phenoxy) is 1. The Labute approximate surface area is 148 Å². The van der Waals surface area contributed by atoms with E-state index in [1.807, 2.05) is 0 Å². The van der Waals surface area contributed by atoms with E-state index in [0.717, 1.165) is 38.5 Å². The van der Waals surface area contributed by atoms with E-state index in [1.165, 1.54) is 51.4 Å². The standard InChI is InChI=1S/C20H38O4/c1-2-3-11-14-19(22)15-12-9-7-5-4-6-8-10-13-16-20(23)24-18-17-21/h21H,2-18H2,1H3. The Morgan fingerprint density at radius 2 is 1.17 bits per heavy atom. The first-order chi connectivity index (χ1) is 11.7. The van der Waals surface area contributed by atoms with Crippen molar-refractivity contribution in [1.29, 1.82) is 0 Å². The Kier molecular flexibility index (Phi) is 17.7. The molecule has 0 saturated carbocycles. The molecule has 142 valence electrons. The molecule has 0 amide bonds. The molecule has 0 heterocycles. The topological polar surface area (TPSA) is 63.6 Å². The molecule has 0 aromatic carbocycles. The summed E-state index contributed by atoms with van der Waals surface area (Å²) in [6.07, 6.45) is 15.7. The SMILES string of the molecule is CCCCCC(=O)CCCCCCCCCCCC(=O)OCCO. The number of aliphatic hydroxyl groups is 1. The summed E-state index contributed by atoms with van der Waals surface area (Å²) < 4.78 is 4.80. The van der Waals surface area contributed by atoms with Gasteiger partial charge in [0.05, 0.1) is 6.61 Å². The van der Waals surface area contributed by atoms with E-state index in [1.54, 1.807) is 0 Å². The zero-order valence-corrected chi connectivity index (χ0v) is 15.7. The first-order valence-corrected chi connectivity index (χ1v) is 9.99. The molecule has 0 aromatic rings. The molecule has 0 fully saturated rings. The van der Waals surface area contributed by atoms with Crippen LogP contribution in [0, 0.1) is 0 Å². The first-order valence-electron chi connectivity index (χ1n) is 9.99. The van der Waals surface area contributed by atoms with Crippen molar-refractivity contribution in [2.45, 2.75) is 103 Å². The maximum Gasteiger partial charge on any atom is 0.305 e. The number of carbonyl (C=O) groups excluding carboxylic acids is 2. The quantitative estimate of drug-likeness (QED) is 0.282. The molecule has 0 aliphatic rings. The van der Waals surface area contributed by atoms with Crippen LogP contribution in [-0.4, -0.2) is 30.1 Å². The molecule has 0 aliphatic heterocycles. The maximum atomic E-state index is 11.6. The molecule has 24 heavy (non-hydrogen) atoms. The Morgan fingerprint density at radius 1 is 0.708 bits per heavy atom. The van der Waals surface area contributed by atoms with Gasteiger partial charge in [-0.15, -0.1) is 0 Å². The number of hydrogen-bond acceptors (Lipinski definition) is 4. The van der Waals surface area contributed by atoms with E-state index in [0.29, 0.717) is 12.2 Å². The Hall–Kier alpha value is -0.900. The van der Waals surface area contributed by atoms with Crippen LogP contribution in [0.2, 0.25) is 0 Å². The molecular weight excluding hydrogens is 304 g/mol. The largest absolute Gasteiger partial charge is 0.463 e. The summed E-state index contributed by atoms with van der Waals surface area (Å²) in [5, 5.41) is 8.54. The second-order valence-corrected chi connectivity index (χ2v) is 6.62. The van der Waals surface area contributed by atoms with E-state index in [4.69, 9.17) is 9.84 Å². The molecule has 0 saturated heterocycles. The highest BCUT2D eigenvalue weighted by Crippen LogP contribution is 2.12. The van der Waals surface area contributed by atoms with Crippen LogP contribution in [0.1, 0.15) is 103 Å². The molecule has 0 radical (unpaired) electrons. The predicted molar refractivity (Wildman–Crippen MR) is 98.0 cm³/mol. The third kappa shape index (κ3) is 17.5. The van der Waals surface area contributed by atoms with Crippen LogP contribution in [0.3, 0.4) is 0 Å². The predicted octanol–water partition coefficient (Wildman–Crippen LogP) is 4.96. The summed E-state index contributed by atoms with van der Waals surface area (Å²) in [4.78, 5) is 22.8. The van der Waals surface area contributed by atoms with Gasteiger partial charge in [-0.3, -0.25) is 9.59 Å². The normalized spacial score (nSPS) is 10.8. The molecule has 0 atom stereocenters. The van der Waals surface area contributed by atoms with E-state index in [-0.39, 0.29) is 19.2 Å². The van der Waals surface area contributed by atoms with Gasteiger partial charge in [0.15, 0.2) is 0 Å². The lowest BCUT2D eigenvalue weighted by atomic mass is 10.0. The van der Waals surface area contributed by atoms with Crippen molar-refractivity contribution in [2.75, 3.05) is 13.2 Å². The van der Waals surface area contributed by atoms with Crippen LogP contribution in [0.5, 0.6) is 0 Å². The molecule has 1 N–H and O–H groups in total. The van der Waals surface area contributed by atoms with Gasteiger partial charge in [-0.05, 0) is 19.3 Å². The highest BCUT2D eigenvalue weighted by molar-refractivity contribution is 5.78. The lowest BCUT2D eigenvalue weighted by molar-refractivity contribution is -0.144. The highest BCUT2D eigenvalue weighted by atomic mass is 16.5. The van der Waals surface area contributed by atoms with Crippen molar-refractivity contribution in [3.63, 3.8) is 0 Å². The van der Waals surface area contributed by atoms with Gasteiger partial charge in [-0.25, -0.2) is 0 Å². The van der Waals surface area contributed by atoms with Crippen LogP contribution in [0.15, 0.2) is 0 Å². The molecule has 0 aromatic heterocycles. The third-order valence-electron chi connectivity index (χ3n) is 4.25. The smallest absolute Gasteiger partial charge is 0.305 e. The fraction of sp³-hybridized carbons (Fsp3) is 0.900. The highest BCUT2D eigenvalue weighted by Gasteiger charge is 2.02. The lowest BCUT2D eigenvalue weighted by Gasteiger charge is -2.04. The summed E-state index contributed by atoms with van der Waals surface area (Å²) >= 11 is 0. The van der Waals surface area contributed by atoms with Crippen molar-refractivity contribution < 1.29 is 19.4 Å². The summed E-state index contributed by atoms with van der Waals surface area (Å²) in [6, 6.07) is 0. The summed E-state index contributed by atoms with van der Waals surface area (Å²) in [5.41, 5.74) is 0. The Morgan fingerprint density at radius 3 is 1.67 bits per heavy atom. The van der Waals surface area contributed by atoms with Crippen LogP contribution in [0.25, 0.3) is 0 Å². The fourth-order valence-corrected chi connectivity index (χ4v) is 2.76. The van der Waals surface area contributed by atoms with Crippen molar-refractivity contribution in [1.82, 2.24) is 0 Å². The summed E-state index contributed by atoms with van der Waals surface area (Å²) in [7, 11) is 0. The number of unbranched alkanes of at least 4 members (excludes halogenated alkanes) is 10. The minimum atomic E-state index is -0.201. The molecular formula is C20H38O4. The van der Waals surface area contributed by atoms with Gasteiger partial charge in [-0.1, -0.05) is 64.7 Å². The second-order valence-electron chi connectivity index (χ2n) is 6.62. The van der Waals surface area contributed by atoms with E-state index in [2.05, 4.69) is 6.92 Å². The number of rotatable bonds is 18. The van der Waals surface area contributed by atoms with Crippen LogP contribution < -0.4 is 0 Å². The first kappa shape index (κ1) is 23.1. The minimum Gasteiger partial charge on any atom is -0.463 e. The summed E-state index contributed by atoms with van der Waals surface area (Å²) in [5.74, 6) is 0.245. The van der Waals surface area contributed by atoms with Gasteiger partial charge in [0.25, 0.3) is 0 Å². The monoisotopic (exact) mass is 342 g/mol. The van der Waals surface area contributed by atoms with Crippen LogP contribution >= 0.6 is 0 Å². The van der Waals surface area contributed by atoms with Crippen LogP contribution in [0.4, 0.5) is 0 Å². The Balaban J connectivity index is 3.17. The van der Waals surface area contributed by atoms with Gasteiger partial charge >= 0.3 is 5.97 Å². The zero-order valence-electron chi connectivity index (χ0n) is 15.7. The molecule has 4 nitrogen and oxygen atoms in total. The fourth-order valence-electron chi connectivity index (χ4n) is 2.76. The van der Waals surface area contributed by atoms with E-state index >= 15 is 0 Å². The van der Waals surface area contributed by atoms with Gasteiger partial charge in [-0.2, -0.15) is 0 Å². The third-order valence-corrected chi connectivity index (χ3v) is 4.25. The van der Waals surface area contributed by atoms with Crippen LogP contribution in [-0.2, 0) is 14.3 Å². The van der Waals surface area contributed by atoms with Gasteiger partial charge in [0, 0.05) is 19.3 Å². The van der Waals surface area contributed by atoms with Crippen molar-refractivity contribution in [3.05, 3.63) is 0 Å². The van der Waals surface area contributed by atoms with Gasteiger partial charge < -0.3 is 9.84 Å². The number of Topliss-reactive ketones (excluding diaryl/α,β-unsaturated/α-hetero) is 1. The summed E-state index contributed by atoms with van der Waals surface area (Å²) in [6.45, 7) is 2.18. The van der Waals surface area contributed by atoms with Gasteiger partial charge in [0.2, 0.25) is 0 Å². The number of carbonyl (C=O) groups is 2. The second kappa shape index (κ2) is 18.4. The zero-order chi connectivity index (χ0) is 17.9.